The van der Waals surface area contributed by atoms with Crippen molar-refractivity contribution < 1.29 is 8.42 Å². The average molecular weight is 500 g/mol. The van der Waals surface area contributed by atoms with Gasteiger partial charge in [0.1, 0.15) is 14.1 Å². The van der Waals surface area contributed by atoms with Crippen molar-refractivity contribution in [3.8, 4) is 10.6 Å². The highest BCUT2D eigenvalue weighted by molar-refractivity contribution is 7.90. The van der Waals surface area contributed by atoms with Crippen molar-refractivity contribution in [3.05, 3.63) is 40.7 Å². The number of rotatable bonds is 5. The molecule has 0 unspecified atom stereocenters. The van der Waals surface area contributed by atoms with Gasteiger partial charge in [0.05, 0.1) is 26.0 Å². The van der Waals surface area contributed by atoms with Crippen molar-refractivity contribution in [3.63, 3.8) is 0 Å². The van der Waals surface area contributed by atoms with Crippen LogP contribution in [0.1, 0.15) is 50.7 Å². The Labute approximate surface area is 207 Å². The lowest BCUT2D eigenvalue weighted by atomic mass is 9.98. The molecule has 182 valence electrons. The van der Waals surface area contributed by atoms with Gasteiger partial charge in [-0.3, -0.25) is 0 Å². The molecule has 0 N–H and O–H groups in total. The fourth-order valence-corrected chi connectivity index (χ4v) is 7.78. The summed E-state index contributed by atoms with van der Waals surface area (Å²) >= 11 is 1.82. The third-order valence-corrected chi connectivity index (χ3v) is 10.6. The zero-order valence-electron chi connectivity index (χ0n) is 20.8. The van der Waals surface area contributed by atoms with Crippen LogP contribution in [0.15, 0.2) is 24.3 Å². The van der Waals surface area contributed by atoms with Crippen molar-refractivity contribution in [1.29, 1.82) is 0 Å². The molecular weight excluding hydrogens is 464 g/mol. The third-order valence-electron chi connectivity index (χ3n) is 7.10. The Bertz CT molecular complexity index is 1380. The maximum absolute atomic E-state index is 12.6. The van der Waals surface area contributed by atoms with E-state index in [0.29, 0.717) is 19.0 Å². The number of hydrogen-bond acceptors (Lipinski definition) is 5. The van der Waals surface area contributed by atoms with Crippen LogP contribution in [-0.4, -0.2) is 63.2 Å². The standard InChI is InChI=1S/C26H35N4O2S2/c1-6-18-13-20(29-9-11-30(12-10-29)34(31,32)21-7-8-21)16-23-25(18)27-26-22(17(2)3)14-19(28(4)5)15-24(26)33-23/h13-17,21H,6-12H2,1-5H3/q+1. The first-order chi connectivity index (χ1) is 16.2. The summed E-state index contributed by atoms with van der Waals surface area (Å²) in [6.07, 6.45) is 2.56. The van der Waals surface area contributed by atoms with E-state index in [0.717, 1.165) is 43.6 Å². The van der Waals surface area contributed by atoms with Gasteiger partial charge >= 0.3 is 0 Å². The predicted molar refractivity (Wildman–Crippen MR) is 143 cm³/mol. The molecule has 0 bridgehead atoms. The summed E-state index contributed by atoms with van der Waals surface area (Å²) in [6, 6.07) is 9.04. The number of sulfonamides is 1. The average Bonchev–Trinajstić information content (AvgIpc) is 3.67. The van der Waals surface area contributed by atoms with Gasteiger partial charge in [0.15, 0.2) is 0 Å². The highest BCUT2D eigenvalue weighted by Crippen LogP contribution is 2.38. The van der Waals surface area contributed by atoms with Gasteiger partial charge in [0, 0.05) is 44.0 Å². The van der Waals surface area contributed by atoms with E-state index < -0.39 is 10.0 Å². The molecule has 1 aromatic rings. The molecular formula is C26H35N4O2S2+. The normalized spacial score (nSPS) is 17.8. The van der Waals surface area contributed by atoms with E-state index >= 15 is 0 Å². The van der Waals surface area contributed by atoms with Crippen LogP contribution in [0, 0.1) is 0 Å². The minimum atomic E-state index is -3.09. The van der Waals surface area contributed by atoms with Crippen molar-refractivity contribution in [2.75, 3.05) is 45.2 Å². The highest BCUT2D eigenvalue weighted by atomic mass is 32.2. The number of aromatic nitrogens is 1. The molecule has 6 nitrogen and oxygen atoms in total. The first kappa shape index (κ1) is 23.7. The van der Waals surface area contributed by atoms with E-state index in [4.69, 9.17) is 4.98 Å². The largest absolute Gasteiger partial charge is 0.369 e. The number of aryl methyl sites for hydroxylation is 1. The highest BCUT2D eigenvalue weighted by Gasteiger charge is 2.41. The lowest BCUT2D eigenvalue weighted by Crippen LogP contribution is -2.49. The van der Waals surface area contributed by atoms with Crippen LogP contribution in [0.5, 0.6) is 0 Å². The maximum Gasteiger partial charge on any atom is 0.217 e. The molecule has 2 fully saturated rings. The molecule has 0 spiro atoms. The van der Waals surface area contributed by atoms with E-state index in [9.17, 15) is 8.42 Å². The van der Waals surface area contributed by atoms with Crippen LogP contribution in [0.4, 0.5) is 5.69 Å². The van der Waals surface area contributed by atoms with E-state index in [1.807, 2.05) is 11.3 Å². The van der Waals surface area contributed by atoms with Gasteiger partial charge in [-0.15, -0.1) is 11.3 Å². The van der Waals surface area contributed by atoms with E-state index in [1.54, 1.807) is 4.31 Å². The number of benzene rings is 2. The predicted octanol–water partition coefficient (Wildman–Crippen LogP) is 3.73. The first-order valence-electron chi connectivity index (χ1n) is 12.3. The van der Waals surface area contributed by atoms with Crippen LogP contribution in [-0.2, 0) is 16.4 Å². The second-order valence-corrected chi connectivity index (χ2v) is 13.4. The van der Waals surface area contributed by atoms with Gasteiger partial charge in [0.25, 0.3) is 0 Å². The van der Waals surface area contributed by atoms with Gasteiger partial charge in [-0.2, -0.15) is 4.31 Å². The van der Waals surface area contributed by atoms with Crippen LogP contribution >= 0.6 is 11.3 Å². The molecule has 0 radical (unpaired) electrons. The Kier molecular flexibility index (Phi) is 6.19. The van der Waals surface area contributed by atoms with Crippen LogP contribution in [0.25, 0.3) is 20.8 Å². The van der Waals surface area contributed by atoms with Gasteiger partial charge in [-0.25, -0.2) is 18.0 Å². The van der Waals surface area contributed by atoms with Crippen LogP contribution in [0.2, 0.25) is 0 Å². The van der Waals surface area contributed by atoms with Gasteiger partial charge < -0.3 is 4.90 Å². The molecule has 5 rings (SSSR count). The quantitative estimate of drug-likeness (QED) is 0.397. The van der Waals surface area contributed by atoms with E-state index in [-0.39, 0.29) is 5.25 Å². The number of nitrogens with zero attached hydrogens (tertiary/aromatic N) is 4. The fourth-order valence-electron chi connectivity index (χ4n) is 4.82. The van der Waals surface area contributed by atoms with Crippen molar-refractivity contribution in [2.24, 2.45) is 0 Å². The number of fused-ring (bicyclic) bond motifs is 2. The van der Waals surface area contributed by atoms with Crippen LogP contribution in [0.3, 0.4) is 0 Å². The molecule has 2 aliphatic heterocycles. The Hall–Kier alpha value is -2.03. The molecule has 0 amide bonds. The van der Waals surface area contributed by atoms with Gasteiger partial charge in [-0.05, 0) is 48.4 Å². The second kappa shape index (κ2) is 8.88. The Morgan fingerprint density at radius 3 is 2.38 bits per heavy atom. The van der Waals surface area contributed by atoms with Gasteiger partial charge in [-0.1, -0.05) is 20.8 Å². The van der Waals surface area contributed by atoms with Crippen molar-refractivity contribution >= 4 is 37.3 Å². The number of anilines is 1. The molecule has 4 aliphatic rings. The molecule has 0 atom stereocenters. The summed E-state index contributed by atoms with van der Waals surface area (Å²) in [5.41, 5.74) is 5.93. The fraction of sp³-hybridized carbons (Fsp3) is 0.538. The molecule has 2 aliphatic carbocycles. The summed E-state index contributed by atoms with van der Waals surface area (Å²) in [4.78, 5) is 8.76. The zero-order valence-corrected chi connectivity index (χ0v) is 22.5. The maximum atomic E-state index is 12.6. The Balaban J connectivity index is 1.55. The van der Waals surface area contributed by atoms with Crippen LogP contribution < -0.4 is 14.8 Å². The monoisotopic (exact) mass is 499 g/mol. The molecule has 2 heterocycles. The molecule has 1 saturated carbocycles. The lowest BCUT2D eigenvalue weighted by Gasteiger charge is -2.35. The minimum absolute atomic E-state index is 0.129. The summed E-state index contributed by atoms with van der Waals surface area (Å²) in [6.45, 7) is 9.26. The molecule has 0 aromatic heterocycles. The SMILES string of the molecule is CCc1cc(N2CCN(S(=O)(=O)C3CC3)CC2)cc2sc3cc(=[N+](C)C)cc(C(C)C)c-3nc12. The zero-order chi connectivity index (χ0) is 24.2. The summed E-state index contributed by atoms with van der Waals surface area (Å²) < 4.78 is 30.3. The topological polar surface area (TPSA) is 56.5 Å². The molecule has 1 saturated heterocycles. The minimum Gasteiger partial charge on any atom is -0.369 e. The molecule has 1 aromatic carbocycles. The van der Waals surface area contributed by atoms with E-state index in [2.05, 4.69) is 68.6 Å². The smallest absolute Gasteiger partial charge is 0.217 e. The number of piperazine rings is 1. The second-order valence-electron chi connectivity index (χ2n) is 10.1. The lowest BCUT2D eigenvalue weighted by molar-refractivity contribution is 0.384. The van der Waals surface area contributed by atoms with E-state index in [1.165, 1.54) is 31.7 Å². The summed E-state index contributed by atoms with van der Waals surface area (Å²) in [5, 5.41) is 1.07. The Morgan fingerprint density at radius 2 is 1.79 bits per heavy atom. The Morgan fingerprint density at radius 1 is 1.09 bits per heavy atom. The molecule has 34 heavy (non-hydrogen) atoms. The number of hydrogen-bond donors (Lipinski definition) is 0. The summed E-state index contributed by atoms with van der Waals surface area (Å²) in [5.74, 6) is 0.395. The molecule has 8 heteroatoms. The summed E-state index contributed by atoms with van der Waals surface area (Å²) in [7, 11) is 1.07. The third kappa shape index (κ3) is 4.25. The van der Waals surface area contributed by atoms with Crippen molar-refractivity contribution in [2.45, 2.75) is 51.2 Å². The van der Waals surface area contributed by atoms with Gasteiger partial charge in [0.2, 0.25) is 15.4 Å². The van der Waals surface area contributed by atoms with Crippen molar-refractivity contribution in [1.82, 2.24) is 13.9 Å². The first-order valence-corrected chi connectivity index (χ1v) is 14.7.